The molecule has 2 nitrogen and oxygen atoms in total. The van der Waals surface area contributed by atoms with E-state index in [-0.39, 0.29) is 12.8 Å². The third-order valence-electron chi connectivity index (χ3n) is 4.17. The Hall–Kier alpha value is -0.640. The minimum absolute atomic E-state index is 0.191. The van der Waals surface area contributed by atoms with Gasteiger partial charge in [0.1, 0.15) is 0 Å². The summed E-state index contributed by atoms with van der Waals surface area (Å²) < 4.78 is 105. The molecule has 1 rings (SSSR count). The minimum Gasteiger partial charge on any atom is -0.285 e. The molecule has 0 spiro atoms. The molecule has 138 valence electrons. The van der Waals surface area contributed by atoms with Crippen molar-refractivity contribution in [2.45, 2.75) is 82.0 Å². The van der Waals surface area contributed by atoms with Crippen molar-refractivity contribution in [2.75, 3.05) is 0 Å². The summed E-state index contributed by atoms with van der Waals surface area (Å²) >= 11 is 0. The molecular formula is C13H20F8N2. The Morgan fingerprint density at radius 3 is 1.70 bits per heavy atom. The highest BCUT2D eigenvalue weighted by atomic mass is 19.3. The molecule has 0 aliphatic carbocycles. The van der Waals surface area contributed by atoms with Gasteiger partial charge in [-0.2, -0.15) is 0 Å². The molecule has 10 heteroatoms. The van der Waals surface area contributed by atoms with E-state index in [1.54, 1.807) is 5.32 Å². The number of hydrogen-bond donors (Lipinski definition) is 2. The largest absolute Gasteiger partial charge is 0.285 e. The topological polar surface area (TPSA) is 24.1 Å². The molecule has 1 unspecified atom stereocenters. The SMILES string of the molecule is CCCCCCC1NC(C(F)F)(C(F)F)NC1(C(F)F)C(F)F. The Bertz CT molecular complexity index is 348. The molecule has 0 aromatic heterocycles. The maximum atomic E-state index is 13.3. The Kier molecular flexibility index (Phi) is 7.06. The van der Waals surface area contributed by atoms with E-state index in [2.05, 4.69) is 0 Å². The number of alkyl halides is 8. The van der Waals surface area contributed by atoms with E-state index in [1.807, 2.05) is 6.92 Å². The van der Waals surface area contributed by atoms with Gasteiger partial charge in [0.15, 0.2) is 11.2 Å². The zero-order valence-corrected chi connectivity index (χ0v) is 12.4. The van der Waals surface area contributed by atoms with E-state index >= 15 is 0 Å². The van der Waals surface area contributed by atoms with E-state index in [0.717, 1.165) is 6.42 Å². The molecule has 0 bridgehead atoms. The molecule has 23 heavy (non-hydrogen) atoms. The zero-order chi connectivity index (χ0) is 17.8. The van der Waals surface area contributed by atoms with Crippen molar-refractivity contribution < 1.29 is 35.1 Å². The third-order valence-corrected chi connectivity index (χ3v) is 4.17. The van der Waals surface area contributed by atoms with Crippen LogP contribution in [0, 0.1) is 0 Å². The molecule has 1 aliphatic heterocycles. The third kappa shape index (κ3) is 3.72. The van der Waals surface area contributed by atoms with Crippen LogP contribution in [0.1, 0.15) is 39.0 Å². The predicted molar refractivity (Wildman–Crippen MR) is 68.3 cm³/mol. The average Bonchev–Trinajstić information content (AvgIpc) is 2.81. The highest BCUT2D eigenvalue weighted by molar-refractivity contribution is 5.17. The lowest BCUT2D eigenvalue weighted by Crippen LogP contribution is -2.66. The fourth-order valence-corrected chi connectivity index (χ4v) is 2.81. The summed E-state index contributed by atoms with van der Waals surface area (Å²) in [4.78, 5) is 0. The lowest BCUT2D eigenvalue weighted by atomic mass is 9.88. The van der Waals surface area contributed by atoms with E-state index in [1.165, 1.54) is 5.32 Å². The first-order chi connectivity index (χ1) is 10.6. The normalized spacial score (nSPS) is 23.6. The molecule has 0 aromatic carbocycles. The van der Waals surface area contributed by atoms with E-state index in [0.29, 0.717) is 12.8 Å². The van der Waals surface area contributed by atoms with E-state index in [9.17, 15) is 35.1 Å². The quantitative estimate of drug-likeness (QED) is 0.482. The van der Waals surface area contributed by atoms with Crippen LogP contribution >= 0.6 is 0 Å². The van der Waals surface area contributed by atoms with Crippen LogP contribution in [0.3, 0.4) is 0 Å². The van der Waals surface area contributed by atoms with E-state index < -0.39 is 42.9 Å². The zero-order valence-electron chi connectivity index (χ0n) is 12.4. The number of unbranched alkanes of at least 4 members (excludes halogenated alkanes) is 3. The summed E-state index contributed by atoms with van der Waals surface area (Å²) in [5.41, 5.74) is -7.00. The van der Waals surface area contributed by atoms with Gasteiger partial charge >= 0.3 is 0 Å². The van der Waals surface area contributed by atoms with Crippen molar-refractivity contribution in [3.63, 3.8) is 0 Å². The van der Waals surface area contributed by atoms with Crippen molar-refractivity contribution in [3.8, 4) is 0 Å². The highest BCUT2D eigenvalue weighted by Crippen LogP contribution is 2.41. The summed E-state index contributed by atoms with van der Waals surface area (Å²) in [5.74, 6) is 0. The maximum Gasteiger partial charge on any atom is 0.275 e. The molecule has 1 heterocycles. The van der Waals surface area contributed by atoms with Crippen molar-refractivity contribution in [2.24, 2.45) is 0 Å². The number of halogens is 8. The average molecular weight is 356 g/mol. The molecule has 0 radical (unpaired) electrons. The summed E-state index contributed by atoms with van der Waals surface area (Å²) in [5, 5.41) is 2.86. The first-order valence-electron chi connectivity index (χ1n) is 7.34. The van der Waals surface area contributed by atoms with Crippen LogP contribution in [0.4, 0.5) is 35.1 Å². The van der Waals surface area contributed by atoms with E-state index in [4.69, 9.17) is 0 Å². The van der Waals surface area contributed by atoms with Crippen LogP contribution in [-0.2, 0) is 0 Å². The fourth-order valence-electron chi connectivity index (χ4n) is 2.81. The van der Waals surface area contributed by atoms with Crippen molar-refractivity contribution >= 4 is 0 Å². The van der Waals surface area contributed by atoms with Crippen molar-refractivity contribution in [1.29, 1.82) is 0 Å². The van der Waals surface area contributed by atoms with Crippen LogP contribution in [0.5, 0.6) is 0 Å². The molecule has 0 saturated carbocycles. The predicted octanol–water partition coefficient (Wildman–Crippen LogP) is 4.01. The first-order valence-corrected chi connectivity index (χ1v) is 7.34. The monoisotopic (exact) mass is 356 g/mol. The molecule has 1 atom stereocenters. The molecule has 0 aromatic rings. The Morgan fingerprint density at radius 1 is 0.783 bits per heavy atom. The van der Waals surface area contributed by atoms with Gasteiger partial charge in [-0.05, 0) is 6.42 Å². The molecular weight excluding hydrogens is 336 g/mol. The highest BCUT2D eigenvalue weighted by Gasteiger charge is 2.69. The summed E-state index contributed by atoms with van der Waals surface area (Å²) in [6, 6.07) is -1.89. The van der Waals surface area contributed by atoms with Gasteiger partial charge in [0.25, 0.3) is 25.7 Å². The van der Waals surface area contributed by atoms with Gasteiger partial charge in [0.05, 0.1) is 0 Å². The molecule has 1 fully saturated rings. The van der Waals surface area contributed by atoms with Gasteiger partial charge in [-0.25, -0.2) is 35.1 Å². The van der Waals surface area contributed by atoms with Gasteiger partial charge < -0.3 is 0 Å². The summed E-state index contributed by atoms with van der Waals surface area (Å²) in [6.07, 6.45) is -13.4. The maximum absolute atomic E-state index is 13.3. The van der Waals surface area contributed by atoms with Crippen LogP contribution in [0.2, 0.25) is 0 Å². The summed E-state index contributed by atoms with van der Waals surface area (Å²) in [7, 11) is 0. The number of nitrogens with one attached hydrogen (secondary N) is 2. The van der Waals surface area contributed by atoms with Gasteiger partial charge in [-0.1, -0.05) is 32.6 Å². The smallest absolute Gasteiger partial charge is 0.275 e. The van der Waals surface area contributed by atoms with Crippen molar-refractivity contribution in [1.82, 2.24) is 10.6 Å². The minimum atomic E-state index is -3.83. The van der Waals surface area contributed by atoms with Gasteiger partial charge in [0.2, 0.25) is 0 Å². The molecule has 0 amide bonds. The van der Waals surface area contributed by atoms with Gasteiger partial charge in [0, 0.05) is 6.04 Å². The lowest BCUT2D eigenvalue weighted by molar-refractivity contribution is -0.109. The Balaban J connectivity index is 3.11. The Morgan fingerprint density at radius 2 is 1.30 bits per heavy atom. The van der Waals surface area contributed by atoms with Crippen molar-refractivity contribution in [3.05, 3.63) is 0 Å². The first kappa shape index (κ1) is 20.4. The Labute approximate surface area is 129 Å². The molecule has 1 aliphatic rings. The fraction of sp³-hybridized carbons (Fsp3) is 1.00. The summed E-state index contributed by atoms with van der Waals surface area (Å²) in [6.45, 7) is 1.86. The lowest BCUT2D eigenvalue weighted by Gasteiger charge is -2.34. The van der Waals surface area contributed by atoms with Crippen LogP contribution in [0.15, 0.2) is 0 Å². The standard InChI is InChI=1S/C13H20F8N2/c1-2-3-4-5-6-7-12(8(14)15,9(16)17)23-13(22-7,10(18)19)11(20)21/h7-11,22-23H,2-6H2,1H3. The van der Waals surface area contributed by atoms with Gasteiger partial charge in [-0.3, -0.25) is 10.6 Å². The van der Waals surface area contributed by atoms with Crippen LogP contribution in [-0.4, -0.2) is 42.9 Å². The molecule has 1 saturated heterocycles. The number of hydrogen-bond acceptors (Lipinski definition) is 2. The second-order valence-corrected chi connectivity index (χ2v) is 5.68. The van der Waals surface area contributed by atoms with Gasteiger partial charge in [-0.15, -0.1) is 0 Å². The van der Waals surface area contributed by atoms with Crippen LogP contribution < -0.4 is 10.6 Å². The number of rotatable bonds is 9. The second kappa shape index (κ2) is 7.96. The second-order valence-electron chi connectivity index (χ2n) is 5.68. The molecule has 2 N–H and O–H groups in total. The van der Waals surface area contributed by atoms with Crippen LogP contribution in [0.25, 0.3) is 0 Å².